The lowest BCUT2D eigenvalue weighted by atomic mass is 10.3. The summed E-state index contributed by atoms with van der Waals surface area (Å²) >= 11 is 0. The van der Waals surface area contributed by atoms with Gasteiger partial charge in [0.1, 0.15) is 5.69 Å². The summed E-state index contributed by atoms with van der Waals surface area (Å²) in [6.07, 6.45) is -2.48. The summed E-state index contributed by atoms with van der Waals surface area (Å²) in [6.45, 7) is 0. The van der Waals surface area contributed by atoms with Crippen LogP contribution in [0.4, 0.5) is 22.0 Å². The Bertz CT molecular complexity index is 557. The standard InChI is InChI=1S/C8H6F5NO4S/c1-17-6-3-14-4(7(9)10)2-5(6)18-19(15,16)8(11,12)13/h2-3,7H,1H3. The van der Waals surface area contributed by atoms with Gasteiger partial charge in [-0.15, -0.1) is 0 Å². The third-order valence-corrected chi connectivity index (χ3v) is 2.75. The van der Waals surface area contributed by atoms with Gasteiger partial charge in [0.15, 0.2) is 11.5 Å². The largest absolute Gasteiger partial charge is 0.534 e. The molecular weight excluding hydrogens is 301 g/mol. The first kappa shape index (κ1) is 15.4. The highest BCUT2D eigenvalue weighted by atomic mass is 32.2. The van der Waals surface area contributed by atoms with Gasteiger partial charge in [0.25, 0.3) is 6.43 Å². The van der Waals surface area contributed by atoms with E-state index in [2.05, 4.69) is 13.9 Å². The van der Waals surface area contributed by atoms with Crippen molar-refractivity contribution in [2.24, 2.45) is 0 Å². The summed E-state index contributed by atoms with van der Waals surface area (Å²) in [6, 6.07) is 0.354. The molecule has 0 bridgehead atoms. The lowest BCUT2D eigenvalue weighted by molar-refractivity contribution is -0.0500. The average Bonchev–Trinajstić information content (AvgIpc) is 2.26. The number of nitrogens with zero attached hydrogens (tertiary/aromatic N) is 1. The minimum atomic E-state index is -5.98. The lowest BCUT2D eigenvalue weighted by Crippen LogP contribution is -2.28. The van der Waals surface area contributed by atoms with Gasteiger partial charge >= 0.3 is 15.6 Å². The summed E-state index contributed by atoms with van der Waals surface area (Å²) in [5.74, 6) is -1.55. The highest BCUT2D eigenvalue weighted by Crippen LogP contribution is 2.34. The highest BCUT2D eigenvalue weighted by Gasteiger charge is 2.49. The summed E-state index contributed by atoms with van der Waals surface area (Å²) in [5, 5.41) is 0. The molecule has 0 saturated carbocycles. The quantitative estimate of drug-likeness (QED) is 0.485. The van der Waals surface area contributed by atoms with E-state index in [1.165, 1.54) is 0 Å². The normalized spacial score (nSPS) is 12.6. The molecule has 1 aromatic rings. The van der Waals surface area contributed by atoms with Gasteiger partial charge in [0.2, 0.25) is 0 Å². The maximum absolute atomic E-state index is 12.3. The number of aromatic nitrogens is 1. The van der Waals surface area contributed by atoms with Crippen molar-refractivity contribution in [3.05, 3.63) is 18.0 Å². The van der Waals surface area contributed by atoms with Gasteiger partial charge in [-0.3, -0.25) is 4.98 Å². The molecule has 0 aromatic carbocycles. The molecule has 0 aliphatic heterocycles. The predicted octanol–water partition coefficient (Wildman–Crippen LogP) is 2.26. The molecule has 0 aliphatic rings. The Morgan fingerprint density at radius 1 is 1.26 bits per heavy atom. The van der Waals surface area contributed by atoms with E-state index in [0.717, 1.165) is 7.11 Å². The topological polar surface area (TPSA) is 65.5 Å². The molecule has 108 valence electrons. The number of methoxy groups -OCH3 is 1. The van der Waals surface area contributed by atoms with Crippen LogP contribution in [-0.2, 0) is 10.1 Å². The molecule has 11 heteroatoms. The molecule has 0 saturated heterocycles. The van der Waals surface area contributed by atoms with Crippen LogP contribution in [0.3, 0.4) is 0 Å². The van der Waals surface area contributed by atoms with Crippen molar-refractivity contribution in [2.75, 3.05) is 7.11 Å². The number of alkyl halides is 5. The molecule has 0 spiro atoms. The van der Waals surface area contributed by atoms with E-state index >= 15 is 0 Å². The molecular formula is C8H6F5NO4S. The highest BCUT2D eigenvalue weighted by molar-refractivity contribution is 7.88. The molecule has 0 atom stereocenters. The molecule has 1 rings (SSSR count). The Kier molecular flexibility index (Phi) is 4.18. The zero-order valence-electron chi connectivity index (χ0n) is 9.11. The van der Waals surface area contributed by atoms with E-state index in [1.807, 2.05) is 0 Å². The third kappa shape index (κ3) is 3.43. The van der Waals surface area contributed by atoms with Crippen LogP contribution in [-0.4, -0.2) is 26.0 Å². The second-order valence-electron chi connectivity index (χ2n) is 3.04. The molecule has 0 N–H and O–H groups in total. The van der Waals surface area contributed by atoms with E-state index in [1.54, 1.807) is 0 Å². The van der Waals surface area contributed by atoms with Crippen LogP contribution in [0.2, 0.25) is 0 Å². The fourth-order valence-electron chi connectivity index (χ4n) is 0.943. The van der Waals surface area contributed by atoms with Crippen molar-refractivity contribution in [2.45, 2.75) is 11.9 Å². The molecule has 19 heavy (non-hydrogen) atoms. The first-order valence-corrected chi connectivity index (χ1v) is 5.82. The number of pyridine rings is 1. The van der Waals surface area contributed by atoms with Gasteiger partial charge in [-0.1, -0.05) is 0 Å². The maximum Gasteiger partial charge on any atom is 0.534 e. The third-order valence-electron chi connectivity index (χ3n) is 1.78. The van der Waals surface area contributed by atoms with E-state index in [9.17, 15) is 30.4 Å². The van der Waals surface area contributed by atoms with E-state index in [0.29, 0.717) is 12.3 Å². The Balaban J connectivity index is 3.23. The van der Waals surface area contributed by atoms with Crippen LogP contribution in [0, 0.1) is 0 Å². The van der Waals surface area contributed by atoms with E-state index in [4.69, 9.17) is 0 Å². The first-order valence-electron chi connectivity index (χ1n) is 4.41. The lowest BCUT2D eigenvalue weighted by Gasteiger charge is -2.12. The summed E-state index contributed by atoms with van der Waals surface area (Å²) in [5.41, 5.74) is -6.64. The fraction of sp³-hybridized carbons (Fsp3) is 0.375. The minimum absolute atomic E-state index is 0.354. The molecule has 0 radical (unpaired) electrons. The van der Waals surface area contributed by atoms with Crippen LogP contribution in [0.15, 0.2) is 12.3 Å². The molecule has 0 unspecified atom stereocenters. The molecule has 0 fully saturated rings. The molecule has 1 heterocycles. The second-order valence-corrected chi connectivity index (χ2v) is 4.58. The Morgan fingerprint density at radius 2 is 1.84 bits per heavy atom. The van der Waals surface area contributed by atoms with Crippen molar-refractivity contribution in [3.8, 4) is 11.5 Å². The number of ether oxygens (including phenoxy) is 1. The molecule has 5 nitrogen and oxygen atoms in total. The summed E-state index contributed by atoms with van der Waals surface area (Å²) in [7, 11) is -5.00. The summed E-state index contributed by atoms with van der Waals surface area (Å²) < 4.78 is 90.6. The molecule has 0 aliphatic carbocycles. The number of rotatable bonds is 4. The minimum Gasteiger partial charge on any atom is -0.491 e. The smallest absolute Gasteiger partial charge is 0.491 e. The van der Waals surface area contributed by atoms with Crippen LogP contribution in [0.5, 0.6) is 11.5 Å². The zero-order chi connectivity index (χ0) is 14.8. The van der Waals surface area contributed by atoms with Crippen molar-refractivity contribution in [1.29, 1.82) is 0 Å². The van der Waals surface area contributed by atoms with Crippen LogP contribution in [0.1, 0.15) is 12.1 Å². The number of hydrogen-bond donors (Lipinski definition) is 0. The Labute approximate surface area is 104 Å². The number of halogens is 5. The van der Waals surface area contributed by atoms with E-state index in [-0.39, 0.29) is 0 Å². The van der Waals surface area contributed by atoms with Gasteiger partial charge in [-0.25, -0.2) is 8.78 Å². The maximum atomic E-state index is 12.3. The monoisotopic (exact) mass is 307 g/mol. The van der Waals surface area contributed by atoms with Gasteiger partial charge in [-0.05, 0) is 0 Å². The zero-order valence-corrected chi connectivity index (χ0v) is 9.93. The van der Waals surface area contributed by atoms with Crippen molar-refractivity contribution in [1.82, 2.24) is 4.98 Å². The number of hydrogen-bond acceptors (Lipinski definition) is 5. The van der Waals surface area contributed by atoms with Crippen LogP contribution < -0.4 is 8.92 Å². The Hall–Kier alpha value is -1.65. The molecule has 0 amide bonds. The second kappa shape index (κ2) is 5.15. The van der Waals surface area contributed by atoms with Gasteiger partial charge in [0.05, 0.1) is 13.3 Å². The predicted molar refractivity (Wildman–Crippen MR) is 51.3 cm³/mol. The summed E-state index contributed by atoms with van der Waals surface area (Å²) in [4.78, 5) is 3.17. The molecule has 1 aromatic heterocycles. The van der Waals surface area contributed by atoms with Crippen molar-refractivity contribution >= 4 is 10.1 Å². The van der Waals surface area contributed by atoms with Crippen LogP contribution in [0.25, 0.3) is 0 Å². The van der Waals surface area contributed by atoms with Gasteiger partial charge in [-0.2, -0.15) is 21.6 Å². The van der Waals surface area contributed by atoms with Crippen LogP contribution >= 0.6 is 0 Å². The fourth-order valence-corrected chi connectivity index (χ4v) is 1.40. The Morgan fingerprint density at radius 3 is 2.26 bits per heavy atom. The van der Waals surface area contributed by atoms with E-state index < -0.39 is 39.2 Å². The average molecular weight is 307 g/mol. The van der Waals surface area contributed by atoms with Crippen molar-refractivity contribution < 1.29 is 39.3 Å². The first-order chi connectivity index (χ1) is 8.58. The SMILES string of the molecule is COc1cnc(C(F)F)cc1OS(=O)(=O)C(F)(F)F. The van der Waals surface area contributed by atoms with Gasteiger partial charge in [0, 0.05) is 6.07 Å². The van der Waals surface area contributed by atoms with Gasteiger partial charge < -0.3 is 8.92 Å². The van der Waals surface area contributed by atoms with Crippen molar-refractivity contribution in [3.63, 3.8) is 0 Å².